The predicted octanol–water partition coefficient (Wildman–Crippen LogP) is 5.51. The highest BCUT2D eigenvalue weighted by atomic mass is 32.2. The Morgan fingerprint density at radius 1 is 0.721 bits per heavy atom. The lowest BCUT2D eigenvalue weighted by molar-refractivity contribution is 0.0993. The van der Waals surface area contributed by atoms with Crippen LogP contribution in [0.15, 0.2) is 109 Å². The number of aromatic nitrogens is 2. The summed E-state index contributed by atoms with van der Waals surface area (Å²) < 4.78 is 23.5. The van der Waals surface area contributed by atoms with Crippen molar-refractivity contribution in [1.29, 1.82) is 0 Å². The number of H-pyrrole nitrogens is 2. The fourth-order valence-electron chi connectivity index (χ4n) is 5.05. The van der Waals surface area contributed by atoms with Gasteiger partial charge in [-0.25, -0.2) is 8.42 Å². The Kier molecular flexibility index (Phi) is 7.87. The van der Waals surface area contributed by atoms with Crippen LogP contribution < -0.4 is 17.2 Å². The van der Waals surface area contributed by atoms with Gasteiger partial charge in [0.15, 0.2) is 9.84 Å². The quantitative estimate of drug-likeness (QED) is 0.153. The number of aromatic amines is 2. The topological polar surface area (TPSA) is 178 Å². The van der Waals surface area contributed by atoms with Gasteiger partial charge in [0.2, 0.25) is 0 Å². The predicted molar refractivity (Wildman–Crippen MR) is 172 cm³/mol. The van der Waals surface area contributed by atoms with E-state index >= 15 is 0 Å². The molecule has 2 amide bonds. The molecule has 0 atom stereocenters. The molecule has 0 bridgehead atoms. The molecule has 0 saturated carbocycles. The van der Waals surface area contributed by atoms with Gasteiger partial charge in [-0.15, -0.1) is 0 Å². The van der Waals surface area contributed by atoms with Crippen LogP contribution in [0.2, 0.25) is 0 Å². The van der Waals surface area contributed by atoms with Gasteiger partial charge in [-0.1, -0.05) is 55.1 Å². The summed E-state index contributed by atoms with van der Waals surface area (Å²) in [5.41, 5.74) is 24.1. The molecule has 0 aliphatic carbocycles. The Morgan fingerprint density at radius 2 is 1.23 bits per heavy atom. The highest BCUT2D eigenvalue weighted by Crippen LogP contribution is 2.32. The molecule has 6 rings (SSSR count). The van der Waals surface area contributed by atoms with Crippen LogP contribution >= 0.6 is 0 Å². The van der Waals surface area contributed by atoms with E-state index in [-0.39, 0.29) is 5.75 Å². The number of carbonyl (C=O) groups is 2. The van der Waals surface area contributed by atoms with Gasteiger partial charge in [0.05, 0.1) is 27.9 Å². The van der Waals surface area contributed by atoms with Crippen LogP contribution in [-0.2, 0) is 15.6 Å². The highest BCUT2D eigenvalue weighted by molar-refractivity contribution is 7.93. The maximum atomic E-state index is 11.7. The molecular weight excluding hydrogens is 562 g/mol. The second kappa shape index (κ2) is 11.7. The molecule has 0 spiro atoms. The van der Waals surface area contributed by atoms with Gasteiger partial charge in [-0.05, 0) is 64.2 Å². The van der Waals surface area contributed by atoms with Crippen LogP contribution in [-0.4, -0.2) is 30.2 Å². The highest BCUT2D eigenvalue weighted by Gasteiger charge is 2.14. The lowest BCUT2D eigenvalue weighted by Crippen LogP contribution is -2.11. The summed E-state index contributed by atoms with van der Waals surface area (Å²) in [6, 6.07) is 25.9. The first-order valence-electron chi connectivity index (χ1n) is 13.2. The maximum absolute atomic E-state index is 11.7. The smallest absolute Gasteiger partial charge is 0.250 e. The molecule has 0 radical (unpaired) electrons. The number of nitrogen functional groups attached to an aromatic ring is 1. The van der Waals surface area contributed by atoms with E-state index in [2.05, 4.69) is 16.5 Å². The van der Waals surface area contributed by atoms with Gasteiger partial charge in [-0.3, -0.25) is 9.59 Å². The number of hydrogen-bond acceptors (Lipinski definition) is 5. The van der Waals surface area contributed by atoms with E-state index in [1.165, 1.54) is 0 Å². The fourth-order valence-corrected chi connectivity index (χ4v) is 5.82. The van der Waals surface area contributed by atoms with Crippen molar-refractivity contribution in [3.8, 4) is 22.3 Å². The average molecular weight is 592 g/mol. The van der Waals surface area contributed by atoms with E-state index in [9.17, 15) is 18.0 Å². The number of nitrogens with one attached hydrogen (secondary N) is 2. The lowest BCUT2D eigenvalue weighted by atomic mass is 9.98. The summed E-state index contributed by atoms with van der Waals surface area (Å²) in [6.45, 7) is 3.33. The van der Waals surface area contributed by atoms with E-state index in [1.54, 1.807) is 30.6 Å². The molecule has 2 heterocycles. The number of sulfone groups is 1. The molecule has 43 heavy (non-hydrogen) atoms. The van der Waals surface area contributed by atoms with Crippen LogP contribution in [0, 0.1) is 0 Å². The number of amides is 2. The number of hydrogen-bond donors (Lipinski definition) is 5. The number of anilines is 1. The zero-order valence-corrected chi connectivity index (χ0v) is 23.8. The monoisotopic (exact) mass is 591 g/mol. The van der Waals surface area contributed by atoms with Crippen LogP contribution in [0.4, 0.5) is 5.69 Å². The molecule has 10 heteroatoms. The van der Waals surface area contributed by atoms with E-state index in [4.69, 9.17) is 17.2 Å². The summed E-state index contributed by atoms with van der Waals surface area (Å²) in [6.07, 6.45) is 3.54. The van der Waals surface area contributed by atoms with Gasteiger partial charge in [0.1, 0.15) is 0 Å². The molecule has 8 N–H and O–H groups in total. The maximum Gasteiger partial charge on any atom is 0.250 e. The molecule has 0 aliphatic heterocycles. The number of benzene rings is 4. The van der Waals surface area contributed by atoms with Crippen molar-refractivity contribution >= 4 is 49.1 Å². The Labute approximate surface area is 247 Å². The SMILES string of the molecule is C=CS(=O)(=O)Cc1cccc(-c2ccc(C(N)=O)c3[nH]ccc23)c1.NC(=O)c1ccc(-c2cccc(N)c2)c2cc[nH]c12. The number of nitrogens with two attached hydrogens (primary N) is 3. The summed E-state index contributed by atoms with van der Waals surface area (Å²) in [4.78, 5) is 29.0. The van der Waals surface area contributed by atoms with Crippen molar-refractivity contribution in [2.45, 2.75) is 5.75 Å². The standard InChI is InChI=1S/C18H16N2O3S.C15H13N3O/c1-2-24(22,23)11-12-4-3-5-13(10-12)14-6-7-16(18(19)21)17-15(14)8-9-20-17;16-10-3-1-2-9(8-10)11-4-5-13(15(17)19)14-12(11)6-7-18-14/h2-10,20H,1,11H2,(H2,19,21);1-8,18H,16H2,(H2,17,19). The Balaban J connectivity index is 0.000000176. The first kappa shape index (κ1) is 28.9. The molecule has 0 saturated heterocycles. The second-order valence-corrected chi connectivity index (χ2v) is 11.8. The first-order chi connectivity index (χ1) is 20.6. The molecule has 9 nitrogen and oxygen atoms in total. The van der Waals surface area contributed by atoms with E-state index in [0.717, 1.165) is 44.0 Å². The van der Waals surface area contributed by atoms with Gasteiger partial charge < -0.3 is 27.2 Å². The molecule has 0 aliphatic rings. The minimum Gasteiger partial charge on any atom is -0.399 e. The number of rotatable bonds is 7. The normalized spacial score (nSPS) is 11.2. The van der Waals surface area contributed by atoms with Crippen molar-refractivity contribution in [3.05, 3.63) is 126 Å². The Morgan fingerprint density at radius 3 is 1.72 bits per heavy atom. The average Bonchev–Trinajstić information content (AvgIpc) is 3.67. The third-order valence-electron chi connectivity index (χ3n) is 7.03. The summed E-state index contributed by atoms with van der Waals surface area (Å²) >= 11 is 0. The first-order valence-corrected chi connectivity index (χ1v) is 14.9. The number of fused-ring (bicyclic) bond motifs is 2. The van der Waals surface area contributed by atoms with Gasteiger partial charge in [0, 0.05) is 34.3 Å². The summed E-state index contributed by atoms with van der Waals surface area (Å²) in [5.74, 6) is -1.04. The molecule has 2 aromatic heterocycles. The van der Waals surface area contributed by atoms with Crippen LogP contribution in [0.3, 0.4) is 0 Å². The van der Waals surface area contributed by atoms with Crippen molar-refractivity contribution < 1.29 is 18.0 Å². The largest absolute Gasteiger partial charge is 0.399 e. The zero-order valence-electron chi connectivity index (χ0n) is 23.0. The van der Waals surface area contributed by atoms with Gasteiger partial charge in [0.25, 0.3) is 11.8 Å². The molecule has 0 unspecified atom stereocenters. The third-order valence-corrected chi connectivity index (χ3v) is 8.28. The minimum absolute atomic E-state index is 0.0972. The van der Waals surface area contributed by atoms with Crippen molar-refractivity contribution in [2.24, 2.45) is 11.5 Å². The van der Waals surface area contributed by atoms with Crippen molar-refractivity contribution in [3.63, 3.8) is 0 Å². The van der Waals surface area contributed by atoms with E-state index in [1.807, 2.05) is 66.7 Å². The zero-order chi connectivity index (χ0) is 30.7. The lowest BCUT2D eigenvalue weighted by Gasteiger charge is -2.08. The van der Waals surface area contributed by atoms with Gasteiger partial charge >= 0.3 is 0 Å². The van der Waals surface area contributed by atoms with E-state index < -0.39 is 21.7 Å². The van der Waals surface area contributed by atoms with Crippen LogP contribution in [0.1, 0.15) is 26.3 Å². The minimum atomic E-state index is -3.32. The number of carbonyl (C=O) groups excluding carboxylic acids is 2. The third kappa shape index (κ3) is 6.04. The summed E-state index contributed by atoms with van der Waals surface area (Å²) in [7, 11) is -3.32. The van der Waals surface area contributed by atoms with Crippen molar-refractivity contribution in [1.82, 2.24) is 9.97 Å². The Hall–Kier alpha value is -5.61. The molecule has 4 aromatic carbocycles. The fraction of sp³-hybridized carbons (Fsp3) is 0.0303. The molecular formula is C33H29N5O4S. The van der Waals surface area contributed by atoms with E-state index in [0.29, 0.717) is 27.9 Å². The van der Waals surface area contributed by atoms with Crippen LogP contribution in [0.25, 0.3) is 44.1 Å². The second-order valence-electron chi connectivity index (χ2n) is 9.88. The number of primary amides is 2. The molecule has 6 aromatic rings. The van der Waals surface area contributed by atoms with Crippen molar-refractivity contribution in [2.75, 3.05) is 5.73 Å². The van der Waals surface area contributed by atoms with Gasteiger partial charge in [-0.2, -0.15) is 0 Å². The Bertz CT molecular complexity index is 2130. The molecule has 0 fully saturated rings. The molecule has 216 valence electrons. The van der Waals surface area contributed by atoms with Crippen LogP contribution in [0.5, 0.6) is 0 Å². The summed E-state index contributed by atoms with van der Waals surface area (Å²) in [5, 5.41) is 2.78.